The molecule has 0 unspecified atom stereocenters. The summed E-state index contributed by atoms with van der Waals surface area (Å²) in [6.07, 6.45) is -0.497. The maximum Gasteiger partial charge on any atom is 0.247 e. The molecule has 0 aromatic heterocycles. The van der Waals surface area contributed by atoms with Crippen LogP contribution in [0.15, 0.2) is 47.4 Å². The summed E-state index contributed by atoms with van der Waals surface area (Å²) in [6, 6.07) is 9.77. The molecule has 0 aliphatic carbocycles. The standard InChI is InChI=1S/C25H29FN2O5S/c1-17-14-28(18(2)16-29)34(31,32)25-11-10-21(9-8-20-6-5-7-22(26)12-20)13-23(25)33-24(17)15-27(4)19(3)30/h5-7,10-13,17-18,24,29H,14-16H2,1-4H3/t17-,18-,24+/m0/s1. The van der Waals surface area contributed by atoms with Crippen molar-refractivity contribution in [2.75, 3.05) is 26.7 Å². The second kappa shape index (κ2) is 10.6. The number of aliphatic hydroxyl groups excluding tert-OH is 1. The number of aliphatic hydroxyl groups is 1. The van der Waals surface area contributed by atoms with E-state index in [1.165, 1.54) is 34.3 Å². The van der Waals surface area contributed by atoms with E-state index in [1.54, 1.807) is 38.2 Å². The number of carbonyl (C=O) groups is 1. The van der Waals surface area contributed by atoms with Crippen LogP contribution in [0.25, 0.3) is 0 Å². The van der Waals surface area contributed by atoms with Gasteiger partial charge in [-0.3, -0.25) is 4.79 Å². The lowest BCUT2D eigenvalue weighted by molar-refractivity contribution is -0.129. The Labute approximate surface area is 200 Å². The molecule has 0 saturated heterocycles. The number of hydrogen-bond donors (Lipinski definition) is 1. The number of carbonyl (C=O) groups excluding carboxylic acids is 1. The molecule has 0 saturated carbocycles. The van der Waals surface area contributed by atoms with E-state index in [0.717, 1.165) is 0 Å². The highest BCUT2D eigenvalue weighted by atomic mass is 32.2. The predicted molar refractivity (Wildman–Crippen MR) is 126 cm³/mol. The minimum absolute atomic E-state index is 0.0357. The monoisotopic (exact) mass is 488 g/mol. The Morgan fingerprint density at radius 3 is 2.56 bits per heavy atom. The van der Waals surface area contributed by atoms with E-state index in [0.29, 0.717) is 11.1 Å². The highest BCUT2D eigenvalue weighted by molar-refractivity contribution is 7.89. The fraction of sp³-hybridized carbons (Fsp3) is 0.400. The van der Waals surface area contributed by atoms with E-state index in [9.17, 15) is 22.7 Å². The molecule has 2 aromatic carbocycles. The smallest absolute Gasteiger partial charge is 0.247 e. The lowest BCUT2D eigenvalue weighted by atomic mass is 10.0. The summed E-state index contributed by atoms with van der Waals surface area (Å²) in [5.41, 5.74) is 0.977. The van der Waals surface area contributed by atoms with Gasteiger partial charge in [0.2, 0.25) is 15.9 Å². The molecule has 1 amide bonds. The van der Waals surface area contributed by atoms with Crippen molar-refractivity contribution < 1.29 is 27.4 Å². The first-order valence-corrected chi connectivity index (χ1v) is 12.4. The Balaban J connectivity index is 2.08. The molecule has 9 heteroatoms. The molecule has 1 heterocycles. The number of nitrogens with zero attached hydrogens (tertiary/aromatic N) is 2. The van der Waals surface area contributed by atoms with Gasteiger partial charge in [-0.05, 0) is 43.3 Å². The summed E-state index contributed by atoms with van der Waals surface area (Å²) in [5.74, 6) is 5.10. The van der Waals surface area contributed by atoms with Crippen molar-refractivity contribution in [1.29, 1.82) is 0 Å². The van der Waals surface area contributed by atoms with Gasteiger partial charge in [-0.15, -0.1) is 0 Å². The molecule has 1 aliphatic rings. The van der Waals surface area contributed by atoms with Gasteiger partial charge in [-0.1, -0.05) is 24.8 Å². The maximum atomic E-state index is 13.5. The second-order valence-corrected chi connectivity index (χ2v) is 10.4. The Morgan fingerprint density at radius 2 is 1.94 bits per heavy atom. The van der Waals surface area contributed by atoms with Gasteiger partial charge in [-0.25, -0.2) is 12.8 Å². The van der Waals surface area contributed by atoms with E-state index in [4.69, 9.17) is 4.74 Å². The average Bonchev–Trinajstić information content (AvgIpc) is 2.79. The highest BCUT2D eigenvalue weighted by Crippen LogP contribution is 2.34. The van der Waals surface area contributed by atoms with E-state index in [1.807, 2.05) is 6.92 Å². The number of amides is 1. The summed E-state index contributed by atoms with van der Waals surface area (Å²) >= 11 is 0. The van der Waals surface area contributed by atoms with E-state index < -0.39 is 28.0 Å². The third-order valence-electron chi connectivity index (χ3n) is 5.83. The van der Waals surface area contributed by atoms with Crippen LogP contribution in [0.3, 0.4) is 0 Å². The molecular formula is C25H29FN2O5S. The molecule has 182 valence electrons. The van der Waals surface area contributed by atoms with Crippen molar-refractivity contribution in [2.45, 2.75) is 37.8 Å². The summed E-state index contributed by atoms with van der Waals surface area (Å²) in [5, 5.41) is 9.71. The van der Waals surface area contributed by atoms with Crippen LogP contribution < -0.4 is 4.74 Å². The van der Waals surface area contributed by atoms with Gasteiger partial charge in [0.15, 0.2) is 0 Å². The Bertz CT molecular complexity index is 1220. The van der Waals surface area contributed by atoms with Gasteiger partial charge >= 0.3 is 0 Å². The topological polar surface area (TPSA) is 87.2 Å². The molecule has 0 radical (unpaired) electrons. The van der Waals surface area contributed by atoms with E-state index >= 15 is 0 Å². The largest absolute Gasteiger partial charge is 0.487 e. The van der Waals surface area contributed by atoms with Gasteiger partial charge in [0, 0.05) is 43.6 Å². The van der Waals surface area contributed by atoms with Crippen LogP contribution in [-0.2, 0) is 14.8 Å². The van der Waals surface area contributed by atoms with Crippen LogP contribution >= 0.6 is 0 Å². The van der Waals surface area contributed by atoms with Crippen LogP contribution in [0, 0.1) is 23.6 Å². The third kappa shape index (κ3) is 5.76. The molecule has 7 nitrogen and oxygen atoms in total. The lowest BCUT2D eigenvalue weighted by Gasteiger charge is -2.37. The number of rotatable bonds is 4. The quantitative estimate of drug-likeness (QED) is 0.669. The second-order valence-electron chi connectivity index (χ2n) is 8.56. The maximum absolute atomic E-state index is 13.5. The van der Waals surface area contributed by atoms with E-state index in [-0.39, 0.29) is 42.2 Å². The van der Waals surface area contributed by atoms with Crippen LogP contribution in [0.5, 0.6) is 5.75 Å². The Hall–Kier alpha value is -2.93. The minimum Gasteiger partial charge on any atom is -0.487 e. The first-order valence-electron chi connectivity index (χ1n) is 11.0. The van der Waals surface area contributed by atoms with Crippen LogP contribution in [0.4, 0.5) is 4.39 Å². The fourth-order valence-electron chi connectivity index (χ4n) is 3.63. The zero-order valence-corrected chi connectivity index (χ0v) is 20.5. The SMILES string of the molecule is CC(=O)N(C)C[C@H]1Oc2cc(C#Cc3cccc(F)c3)ccc2S(=O)(=O)N([C@@H](C)CO)C[C@@H]1C. The van der Waals surface area contributed by atoms with Crippen molar-refractivity contribution in [2.24, 2.45) is 5.92 Å². The molecular weight excluding hydrogens is 459 g/mol. The average molecular weight is 489 g/mol. The first-order chi connectivity index (χ1) is 16.0. The molecule has 0 bridgehead atoms. The molecule has 0 spiro atoms. The minimum atomic E-state index is -3.97. The van der Waals surface area contributed by atoms with Crippen molar-refractivity contribution in [1.82, 2.24) is 9.21 Å². The Morgan fingerprint density at radius 1 is 1.26 bits per heavy atom. The number of likely N-dealkylation sites (N-methyl/N-ethyl adjacent to an activating group) is 1. The van der Waals surface area contributed by atoms with Crippen molar-refractivity contribution >= 4 is 15.9 Å². The van der Waals surface area contributed by atoms with Crippen molar-refractivity contribution in [3.8, 4) is 17.6 Å². The molecule has 1 N–H and O–H groups in total. The van der Waals surface area contributed by atoms with Gasteiger partial charge in [0.25, 0.3) is 0 Å². The summed E-state index contributed by atoms with van der Waals surface area (Å²) in [4.78, 5) is 13.3. The molecule has 3 rings (SSSR count). The van der Waals surface area contributed by atoms with E-state index in [2.05, 4.69) is 11.8 Å². The van der Waals surface area contributed by atoms with Crippen LogP contribution in [0.1, 0.15) is 31.9 Å². The number of halogens is 1. The predicted octanol–water partition coefficient (Wildman–Crippen LogP) is 2.47. The van der Waals surface area contributed by atoms with Crippen molar-refractivity contribution in [3.05, 3.63) is 59.4 Å². The number of sulfonamides is 1. The normalized spacial score (nSPS) is 20.5. The number of benzene rings is 2. The van der Waals surface area contributed by atoms with Crippen LogP contribution in [-0.4, -0.2) is 67.5 Å². The van der Waals surface area contributed by atoms with Gasteiger partial charge < -0.3 is 14.7 Å². The molecule has 0 fully saturated rings. The highest BCUT2D eigenvalue weighted by Gasteiger charge is 2.38. The molecule has 1 aliphatic heterocycles. The number of fused-ring (bicyclic) bond motifs is 1. The summed E-state index contributed by atoms with van der Waals surface area (Å²) in [6.45, 7) is 4.99. The number of ether oxygens (including phenoxy) is 1. The van der Waals surface area contributed by atoms with Crippen LogP contribution in [0.2, 0.25) is 0 Å². The zero-order valence-electron chi connectivity index (χ0n) is 19.7. The first kappa shape index (κ1) is 25.7. The lowest BCUT2D eigenvalue weighted by Crippen LogP contribution is -2.50. The van der Waals surface area contributed by atoms with Gasteiger partial charge in [-0.2, -0.15) is 4.31 Å². The fourth-order valence-corrected chi connectivity index (χ4v) is 5.46. The van der Waals surface area contributed by atoms with Crippen molar-refractivity contribution in [3.63, 3.8) is 0 Å². The van der Waals surface area contributed by atoms with Gasteiger partial charge in [0.1, 0.15) is 22.6 Å². The molecule has 2 aromatic rings. The Kier molecular flexibility index (Phi) is 7.97. The summed E-state index contributed by atoms with van der Waals surface area (Å²) in [7, 11) is -2.32. The molecule has 3 atom stereocenters. The van der Waals surface area contributed by atoms with Gasteiger partial charge in [0.05, 0.1) is 13.2 Å². The zero-order chi connectivity index (χ0) is 25.0. The number of hydrogen-bond acceptors (Lipinski definition) is 5. The molecule has 34 heavy (non-hydrogen) atoms. The summed E-state index contributed by atoms with van der Waals surface area (Å²) < 4.78 is 47.9. The third-order valence-corrected chi connectivity index (χ3v) is 7.85.